The number of aromatic carboxylic acids is 1. The van der Waals surface area contributed by atoms with Crippen LogP contribution in [0.25, 0.3) is 10.9 Å². The number of piperidine rings is 1. The number of anilines is 1. The number of ether oxygens (including phenoxy) is 2. The summed E-state index contributed by atoms with van der Waals surface area (Å²) in [5.41, 5.74) is -1.81. The van der Waals surface area contributed by atoms with E-state index in [1.54, 1.807) is 38.9 Å². The topological polar surface area (TPSA) is 114 Å². The smallest absolute Gasteiger partial charge is 0.414 e. The molecule has 0 spiro atoms. The summed E-state index contributed by atoms with van der Waals surface area (Å²) in [4.78, 5) is 40.4. The molecule has 1 fully saturated rings. The third-order valence-electron chi connectivity index (χ3n) is 5.67. The molecule has 1 aromatic heterocycles. The summed E-state index contributed by atoms with van der Waals surface area (Å²) >= 11 is 0. The van der Waals surface area contributed by atoms with Gasteiger partial charge in [-0.2, -0.15) is 5.10 Å². The Labute approximate surface area is 209 Å². The Bertz CT molecular complexity index is 1160. The van der Waals surface area contributed by atoms with Crippen LogP contribution in [0, 0.1) is 11.7 Å². The molecule has 0 radical (unpaired) electrons. The fourth-order valence-corrected chi connectivity index (χ4v) is 4.14. The second-order valence-electron chi connectivity index (χ2n) is 11.1. The van der Waals surface area contributed by atoms with Crippen LogP contribution in [-0.4, -0.2) is 68.8 Å². The molecule has 0 atom stereocenters. The lowest BCUT2D eigenvalue weighted by Crippen LogP contribution is -2.45. The predicted molar refractivity (Wildman–Crippen MR) is 132 cm³/mol. The van der Waals surface area contributed by atoms with E-state index in [2.05, 4.69) is 5.10 Å². The summed E-state index contributed by atoms with van der Waals surface area (Å²) in [6, 6.07) is 1.05. The number of carboxylic acid groups (broad SMARTS) is 1. The SMILES string of the molecule is Cn1cc2c(N(CC3CCN(C(=O)OC(C)(C)C)CC3)C(=O)OC(C)(C)C)cc(F)c(C(=O)O)c2n1. The first-order valence-electron chi connectivity index (χ1n) is 11.9. The second kappa shape index (κ2) is 9.94. The van der Waals surface area contributed by atoms with Crippen LogP contribution in [0.4, 0.5) is 19.7 Å². The Morgan fingerprint density at radius 2 is 1.69 bits per heavy atom. The van der Waals surface area contributed by atoms with Gasteiger partial charge in [0.15, 0.2) is 0 Å². The van der Waals surface area contributed by atoms with Crippen molar-refractivity contribution in [3.05, 3.63) is 23.6 Å². The zero-order chi connectivity index (χ0) is 27.0. The van der Waals surface area contributed by atoms with Gasteiger partial charge in [0.25, 0.3) is 0 Å². The average Bonchev–Trinajstić information content (AvgIpc) is 3.09. The zero-order valence-electron chi connectivity index (χ0n) is 21.9. The van der Waals surface area contributed by atoms with E-state index < -0.39 is 34.6 Å². The molecule has 10 nitrogen and oxygen atoms in total. The van der Waals surface area contributed by atoms with Crippen LogP contribution < -0.4 is 4.90 Å². The molecular formula is C25H35FN4O6. The van der Waals surface area contributed by atoms with Crippen molar-refractivity contribution >= 4 is 34.7 Å². The van der Waals surface area contributed by atoms with Gasteiger partial charge in [-0.1, -0.05) is 0 Å². The van der Waals surface area contributed by atoms with Crippen molar-refractivity contribution in [1.82, 2.24) is 14.7 Å². The Hall–Kier alpha value is -3.37. The first-order chi connectivity index (χ1) is 16.6. The molecule has 2 heterocycles. The average molecular weight is 507 g/mol. The van der Waals surface area contributed by atoms with Crippen LogP contribution >= 0.6 is 0 Å². The molecule has 1 aromatic carbocycles. The number of fused-ring (bicyclic) bond motifs is 1. The van der Waals surface area contributed by atoms with Crippen molar-refractivity contribution in [2.45, 2.75) is 65.6 Å². The van der Waals surface area contributed by atoms with Crippen molar-refractivity contribution in [2.24, 2.45) is 13.0 Å². The van der Waals surface area contributed by atoms with Crippen molar-refractivity contribution in [2.75, 3.05) is 24.5 Å². The number of carbonyl (C=O) groups excluding carboxylic acids is 2. The van der Waals surface area contributed by atoms with E-state index in [1.807, 2.05) is 20.8 Å². The maximum absolute atomic E-state index is 15.0. The molecule has 1 N–H and O–H groups in total. The molecule has 1 aliphatic heterocycles. The number of benzene rings is 1. The Morgan fingerprint density at radius 1 is 1.11 bits per heavy atom. The lowest BCUT2D eigenvalue weighted by molar-refractivity contribution is 0.0181. The molecule has 1 aliphatic rings. The van der Waals surface area contributed by atoms with E-state index in [0.29, 0.717) is 31.3 Å². The summed E-state index contributed by atoms with van der Waals surface area (Å²) in [5, 5.41) is 14.0. The summed E-state index contributed by atoms with van der Waals surface area (Å²) in [6.45, 7) is 11.7. The maximum atomic E-state index is 15.0. The predicted octanol–water partition coefficient (Wildman–Crippen LogP) is 4.80. The van der Waals surface area contributed by atoms with Gasteiger partial charge in [0, 0.05) is 38.3 Å². The minimum absolute atomic E-state index is 0.00913. The van der Waals surface area contributed by atoms with Gasteiger partial charge in [-0.15, -0.1) is 0 Å². The first kappa shape index (κ1) is 27.2. The van der Waals surface area contributed by atoms with E-state index in [4.69, 9.17) is 9.47 Å². The number of halogens is 1. The summed E-state index contributed by atoms with van der Waals surface area (Å²) < 4.78 is 27.4. The molecule has 0 unspecified atom stereocenters. The molecule has 0 aliphatic carbocycles. The highest BCUT2D eigenvalue weighted by atomic mass is 19.1. The first-order valence-corrected chi connectivity index (χ1v) is 11.9. The van der Waals surface area contributed by atoms with Crippen molar-refractivity contribution in [3.8, 4) is 0 Å². The number of nitrogens with zero attached hydrogens (tertiary/aromatic N) is 4. The van der Waals surface area contributed by atoms with Crippen LogP contribution in [0.1, 0.15) is 64.7 Å². The summed E-state index contributed by atoms with van der Waals surface area (Å²) in [6.07, 6.45) is 1.70. The highest BCUT2D eigenvalue weighted by molar-refractivity contribution is 6.08. The molecule has 2 amide bonds. The van der Waals surface area contributed by atoms with E-state index in [9.17, 15) is 23.9 Å². The molecule has 11 heteroatoms. The molecule has 0 bridgehead atoms. The molecule has 0 saturated carbocycles. The number of hydrogen-bond acceptors (Lipinski definition) is 6. The van der Waals surface area contributed by atoms with Gasteiger partial charge < -0.3 is 19.5 Å². The number of aromatic nitrogens is 2. The third-order valence-corrected chi connectivity index (χ3v) is 5.67. The van der Waals surface area contributed by atoms with Gasteiger partial charge in [-0.05, 0) is 66.4 Å². The van der Waals surface area contributed by atoms with Gasteiger partial charge in [0.1, 0.15) is 28.1 Å². The minimum atomic E-state index is -1.44. The van der Waals surface area contributed by atoms with Crippen LogP contribution in [-0.2, 0) is 16.5 Å². The maximum Gasteiger partial charge on any atom is 0.414 e. The van der Waals surface area contributed by atoms with Crippen LogP contribution in [0.2, 0.25) is 0 Å². The van der Waals surface area contributed by atoms with Crippen molar-refractivity contribution in [3.63, 3.8) is 0 Å². The number of likely N-dealkylation sites (tertiary alicyclic amines) is 1. The number of rotatable bonds is 4. The van der Waals surface area contributed by atoms with Gasteiger partial charge in [0.05, 0.1) is 5.69 Å². The van der Waals surface area contributed by atoms with Crippen LogP contribution in [0.3, 0.4) is 0 Å². The number of amides is 2. The summed E-state index contributed by atoms with van der Waals surface area (Å²) in [5.74, 6) is -2.44. The third kappa shape index (κ3) is 6.44. The second-order valence-corrected chi connectivity index (χ2v) is 11.1. The Kier molecular flexibility index (Phi) is 7.52. The lowest BCUT2D eigenvalue weighted by atomic mass is 9.96. The number of carboxylic acids is 1. The minimum Gasteiger partial charge on any atom is -0.478 e. The van der Waals surface area contributed by atoms with Gasteiger partial charge in [0.2, 0.25) is 0 Å². The number of hydrogen-bond donors (Lipinski definition) is 1. The van der Waals surface area contributed by atoms with Crippen LogP contribution in [0.15, 0.2) is 12.3 Å². The van der Waals surface area contributed by atoms with Crippen molar-refractivity contribution < 1.29 is 33.4 Å². The van der Waals surface area contributed by atoms with Crippen molar-refractivity contribution in [1.29, 1.82) is 0 Å². The largest absolute Gasteiger partial charge is 0.478 e. The van der Waals surface area contributed by atoms with E-state index in [0.717, 1.165) is 6.07 Å². The number of carbonyl (C=O) groups is 3. The van der Waals surface area contributed by atoms with E-state index >= 15 is 0 Å². The summed E-state index contributed by atoms with van der Waals surface area (Å²) in [7, 11) is 1.59. The number of aryl methyl sites for hydroxylation is 1. The standard InChI is InChI=1S/C25H35FN4O6/c1-24(2,3)35-22(33)29-10-8-15(9-11-29)13-30(23(34)36-25(4,5)6)18-12-17(26)19(21(31)32)20-16(18)14-28(7)27-20/h12,14-15H,8-11,13H2,1-7H3,(H,31,32). The lowest BCUT2D eigenvalue weighted by Gasteiger charge is -2.36. The Balaban J connectivity index is 1.92. The molecule has 36 heavy (non-hydrogen) atoms. The molecule has 3 rings (SSSR count). The van der Waals surface area contributed by atoms with Gasteiger partial charge in [-0.25, -0.2) is 18.8 Å². The molecule has 1 saturated heterocycles. The van der Waals surface area contributed by atoms with Crippen LogP contribution in [0.5, 0.6) is 0 Å². The highest BCUT2D eigenvalue weighted by Crippen LogP contribution is 2.34. The monoisotopic (exact) mass is 506 g/mol. The van der Waals surface area contributed by atoms with E-state index in [1.165, 1.54) is 9.58 Å². The molecule has 198 valence electrons. The highest BCUT2D eigenvalue weighted by Gasteiger charge is 2.33. The molecular weight excluding hydrogens is 471 g/mol. The normalized spacial score (nSPS) is 15.2. The Morgan fingerprint density at radius 3 is 2.22 bits per heavy atom. The molecule has 2 aromatic rings. The zero-order valence-corrected chi connectivity index (χ0v) is 21.9. The quantitative estimate of drug-likeness (QED) is 0.634. The fraction of sp³-hybridized carbons (Fsp3) is 0.600. The van der Waals surface area contributed by atoms with Gasteiger partial charge >= 0.3 is 18.2 Å². The van der Waals surface area contributed by atoms with E-state index in [-0.39, 0.29) is 29.8 Å². The van der Waals surface area contributed by atoms with Gasteiger partial charge in [-0.3, -0.25) is 9.58 Å². The fourth-order valence-electron chi connectivity index (χ4n) is 4.14.